The van der Waals surface area contributed by atoms with E-state index >= 15 is 0 Å². The van der Waals surface area contributed by atoms with Gasteiger partial charge in [-0.25, -0.2) is 0 Å². The largest absolute Gasteiger partial charge is 0.495 e. The van der Waals surface area contributed by atoms with E-state index in [1.807, 2.05) is 0 Å². The Hall–Kier alpha value is -1.10. The molecule has 0 saturated carbocycles. The molecule has 13 heteroatoms. The van der Waals surface area contributed by atoms with E-state index in [2.05, 4.69) is 0 Å². The van der Waals surface area contributed by atoms with Gasteiger partial charge in [0.2, 0.25) is 0 Å². The van der Waals surface area contributed by atoms with Crippen LogP contribution < -0.4 is 0 Å². The van der Waals surface area contributed by atoms with Gasteiger partial charge in [-0.3, -0.25) is 9.80 Å². The third-order valence-corrected chi connectivity index (χ3v) is 4.70. The zero-order chi connectivity index (χ0) is 24.5. The van der Waals surface area contributed by atoms with Crippen LogP contribution in [0.3, 0.4) is 0 Å². The van der Waals surface area contributed by atoms with Gasteiger partial charge < -0.3 is 56.0 Å². The lowest BCUT2D eigenvalue weighted by Gasteiger charge is -2.32. The van der Waals surface area contributed by atoms with Crippen molar-refractivity contribution in [3.05, 3.63) is 12.0 Å². The molecule has 0 amide bonds. The monoisotopic (exact) mass is 471 g/mol. The van der Waals surface area contributed by atoms with Crippen LogP contribution in [0.2, 0.25) is 0 Å². The summed E-state index contributed by atoms with van der Waals surface area (Å²) >= 11 is 0. The van der Waals surface area contributed by atoms with E-state index in [0.29, 0.717) is 6.54 Å². The van der Waals surface area contributed by atoms with Crippen LogP contribution in [0.4, 0.5) is 0 Å². The molecule has 32 heavy (non-hydrogen) atoms. The van der Waals surface area contributed by atoms with Crippen molar-refractivity contribution in [2.45, 2.75) is 24.4 Å². The molecule has 0 radical (unpaired) electrons. The van der Waals surface area contributed by atoms with Crippen molar-refractivity contribution in [3.8, 4) is 0 Å². The van der Waals surface area contributed by atoms with E-state index in [9.17, 15) is 30.6 Å². The molecule has 13 nitrogen and oxygen atoms in total. The average Bonchev–Trinajstić information content (AvgIpc) is 2.78. The van der Waals surface area contributed by atoms with Crippen LogP contribution in [0.1, 0.15) is 0 Å². The Kier molecular flexibility index (Phi) is 17.7. The summed E-state index contributed by atoms with van der Waals surface area (Å²) in [7, 11) is 0. The van der Waals surface area contributed by atoms with Crippen LogP contribution >= 0.6 is 0 Å². The van der Waals surface area contributed by atoms with Crippen molar-refractivity contribution < 1.29 is 51.1 Å². The second kappa shape index (κ2) is 18.3. The molecular weight excluding hydrogens is 430 g/mol. The summed E-state index contributed by atoms with van der Waals surface area (Å²) in [5.41, 5.74) is 0. The van der Waals surface area contributed by atoms with E-state index < -0.39 is 57.5 Å². The zero-order valence-electron chi connectivity index (χ0n) is 18.4. The zero-order valence-corrected chi connectivity index (χ0v) is 18.4. The Labute approximate surface area is 188 Å². The lowest BCUT2D eigenvalue weighted by molar-refractivity contribution is 0.0130. The fraction of sp³-hybridized carbons (Fsp3) is 0.895. The molecule has 4 atom stereocenters. The molecule has 0 rings (SSSR count). The van der Waals surface area contributed by atoms with Gasteiger partial charge in [0.15, 0.2) is 5.88 Å². The molecule has 0 aromatic carbocycles. The van der Waals surface area contributed by atoms with E-state index in [-0.39, 0.29) is 51.7 Å². The topological polar surface area (TPSA) is 212 Å². The van der Waals surface area contributed by atoms with E-state index in [1.165, 1.54) is 4.90 Å². The summed E-state index contributed by atoms with van der Waals surface area (Å²) in [6, 6.07) is 0. The average molecular weight is 472 g/mol. The van der Waals surface area contributed by atoms with Crippen LogP contribution in [-0.4, -0.2) is 176 Å². The number of hydrogen-bond donors (Lipinski definition) is 10. The van der Waals surface area contributed by atoms with Crippen LogP contribution in [0.15, 0.2) is 12.0 Å². The number of aliphatic hydroxyl groups excluding tert-OH is 10. The molecule has 0 bridgehead atoms. The van der Waals surface area contributed by atoms with Crippen LogP contribution in [0.25, 0.3) is 0 Å². The van der Waals surface area contributed by atoms with E-state index in [1.54, 1.807) is 9.80 Å². The van der Waals surface area contributed by atoms with Crippen LogP contribution in [0, 0.1) is 0 Å². The van der Waals surface area contributed by atoms with Crippen LogP contribution in [0.5, 0.6) is 0 Å². The molecule has 0 aromatic heterocycles. The van der Waals surface area contributed by atoms with Crippen molar-refractivity contribution in [2.24, 2.45) is 0 Å². The predicted molar refractivity (Wildman–Crippen MR) is 115 cm³/mol. The summed E-state index contributed by atoms with van der Waals surface area (Å²) in [4.78, 5) is 4.73. The van der Waals surface area contributed by atoms with Crippen LogP contribution in [-0.2, 0) is 0 Å². The maximum atomic E-state index is 10.1. The van der Waals surface area contributed by atoms with Gasteiger partial charge in [0.05, 0.1) is 57.5 Å². The molecular formula is C19H41N3O10. The Morgan fingerprint density at radius 1 is 0.562 bits per heavy atom. The normalized spacial score (nSPS) is 16.4. The quantitative estimate of drug-likeness (QED) is 0.0753. The Morgan fingerprint density at radius 2 is 0.938 bits per heavy atom. The molecule has 0 aliphatic rings. The minimum atomic E-state index is -1.13. The molecule has 0 aliphatic heterocycles. The number of hydrogen-bond acceptors (Lipinski definition) is 13. The highest BCUT2D eigenvalue weighted by atomic mass is 16.3. The summed E-state index contributed by atoms with van der Waals surface area (Å²) in [6.45, 7) is -1.36. The van der Waals surface area contributed by atoms with Crippen molar-refractivity contribution in [2.75, 3.05) is 85.4 Å². The molecule has 0 saturated heterocycles. The summed E-state index contributed by atoms with van der Waals surface area (Å²) in [6.07, 6.45) is -3.14. The Balaban J connectivity index is 5.19. The van der Waals surface area contributed by atoms with E-state index in [0.717, 1.165) is 6.08 Å². The number of rotatable bonds is 20. The lowest BCUT2D eigenvalue weighted by Crippen LogP contribution is -2.47. The van der Waals surface area contributed by atoms with Gasteiger partial charge in [-0.05, 0) is 0 Å². The summed E-state index contributed by atoms with van der Waals surface area (Å²) in [5.74, 6) is -0.290. The van der Waals surface area contributed by atoms with Gasteiger partial charge in [-0.1, -0.05) is 0 Å². The molecule has 0 spiro atoms. The standard InChI is InChI=1S/C19H41N3O10/c23-6-1-19(32)22(10-18(31)14-27)5-4-20(7-15(28)11-24)2-3-21(8-16(29)12-25)9-17(30)13-26/h1,15-18,23-32H,2-14H2/b19-1-. The van der Waals surface area contributed by atoms with Gasteiger partial charge in [-0.2, -0.15) is 0 Å². The summed E-state index contributed by atoms with van der Waals surface area (Å²) < 4.78 is 0. The minimum absolute atomic E-state index is 0.0405. The fourth-order valence-corrected chi connectivity index (χ4v) is 2.99. The Morgan fingerprint density at radius 3 is 1.38 bits per heavy atom. The second-order valence-corrected chi connectivity index (χ2v) is 7.60. The van der Waals surface area contributed by atoms with E-state index in [4.69, 9.17) is 20.4 Å². The maximum absolute atomic E-state index is 10.1. The van der Waals surface area contributed by atoms with Gasteiger partial charge in [0.25, 0.3) is 0 Å². The molecule has 0 aliphatic carbocycles. The first-order valence-electron chi connectivity index (χ1n) is 10.6. The van der Waals surface area contributed by atoms with Gasteiger partial charge in [0, 0.05) is 58.4 Å². The molecule has 10 N–H and O–H groups in total. The minimum Gasteiger partial charge on any atom is -0.495 e. The first-order valence-corrected chi connectivity index (χ1v) is 10.6. The molecule has 4 unspecified atom stereocenters. The predicted octanol–water partition coefficient (Wildman–Crippen LogP) is -5.30. The lowest BCUT2D eigenvalue weighted by atomic mass is 10.2. The maximum Gasteiger partial charge on any atom is 0.185 e. The second-order valence-electron chi connectivity index (χ2n) is 7.60. The third kappa shape index (κ3) is 14.1. The number of aliphatic hydroxyl groups is 10. The SMILES string of the molecule is OC/C=C(\O)N(CCN(CCN(CC(O)CO)CC(O)CO)CC(O)CO)CC(O)CO. The fourth-order valence-electron chi connectivity index (χ4n) is 2.99. The third-order valence-electron chi connectivity index (χ3n) is 4.70. The van der Waals surface area contributed by atoms with Crippen molar-refractivity contribution in [1.29, 1.82) is 0 Å². The van der Waals surface area contributed by atoms with Gasteiger partial charge in [0.1, 0.15) is 0 Å². The Bertz CT molecular complexity index is 476. The highest BCUT2D eigenvalue weighted by Crippen LogP contribution is 2.05. The first kappa shape index (κ1) is 30.9. The summed E-state index contributed by atoms with van der Waals surface area (Å²) in [5, 5.41) is 94.6. The number of nitrogens with zero attached hydrogens (tertiary/aromatic N) is 3. The van der Waals surface area contributed by atoms with Gasteiger partial charge >= 0.3 is 0 Å². The van der Waals surface area contributed by atoms with Crippen molar-refractivity contribution >= 4 is 0 Å². The highest BCUT2D eigenvalue weighted by Gasteiger charge is 2.20. The highest BCUT2D eigenvalue weighted by molar-refractivity contribution is 4.92. The molecule has 0 aromatic rings. The molecule has 192 valence electrons. The molecule has 0 fully saturated rings. The van der Waals surface area contributed by atoms with Crippen molar-refractivity contribution in [3.63, 3.8) is 0 Å². The molecule has 0 heterocycles. The van der Waals surface area contributed by atoms with Gasteiger partial charge in [-0.15, -0.1) is 0 Å². The first-order chi connectivity index (χ1) is 15.2. The smallest absolute Gasteiger partial charge is 0.185 e. The van der Waals surface area contributed by atoms with Crippen molar-refractivity contribution in [1.82, 2.24) is 14.7 Å².